The number of nitrogens with zero attached hydrogens (tertiary/aromatic N) is 1. The minimum absolute atomic E-state index is 0.131. The lowest BCUT2D eigenvalue weighted by Gasteiger charge is -2.37. The van der Waals surface area contributed by atoms with Crippen LogP contribution < -0.4 is 15.4 Å². The molecule has 37 heavy (non-hydrogen) atoms. The maximum Gasteiger partial charge on any atom is 0.237 e. The molecule has 2 aromatic carbocycles. The van der Waals surface area contributed by atoms with Gasteiger partial charge in [-0.1, -0.05) is 68.2 Å². The van der Waals surface area contributed by atoms with Crippen LogP contribution >= 0.6 is 23.2 Å². The quantitative estimate of drug-likeness (QED) is 0.391. The van der Waals surface area contributed by atoms with Gasteiger partial charge in [-0.25, -0.2) is 13.1 Å². The zero-order valence-electron chi connectivity index (χ0n) is 21.5. The van der Waals surface area contributed by atoms with E-state index in [1.807, 2.05) is 30.3 Å². The highest BCUT2D eigenvalue weighted by Gasteiger charge is 2.59. The van der Waals surface area contributed by atoms with Crippen LogP contribution in [0.1, 0.15) is 50.7 Å². The number of carbonyl (C=O) groups excluding carboxylic acids is 1. The van der Waals surface area contributed by atoms with Crippen molar-refractivity contribution in [1.29, 1.82) is 5.26 Å². The summed E-state index contributed by atoms with van der Waals surface area (Å²) in [6.45, 7) is 6.82. The van der Waals surface area contributed by atoms with Gasteiger partial charge in [0.25, 0.3) is 0 Å². The first kappa shape index (κ1) is 29.4. The number of sulfonamides is 1. The highest BCUT2D eigenvalue weighted by atomic mass is 35.5. The lowest BCUT2D eigenvalue weighted by atomic mass is 9.63. The van der Waals surface area contributed by atoms with E-state index in [1.165, 1.54) is 0 Å². The van der Waals surface area contributed by atoms with E-state index in [2.05, 4.69) is 42.2 Å². The van der Waals surface area contributed by atoms with Crippen LogP contribution in [0.4, 0.5) is 0 Å². The van der Waals surface area contributed by atoms with E-state index in [4.69, 9.17) is 23.2 Å². The molecule has 0 bridgehead atoms. The Morgan fingerprint density at radius 2 is 1.78 bits per heavy atom. The molecule has 0 radical (unpaired) electrons. The summed E-state index contributed by atoms with van der Waals surface area (Å²) in [4.78, 5) is 13.6. The molecule has 7 nitrogen and oxygen atoms in total. The van der Waals surface area contributed by atoms with E-state index in [1.54, 1.807) is 18.2 Å². The largest absolute Gasteiger partial charge is 0.355 e. The number of halogens is 2. The van der Waals surface area contributed by atoms with E-state index in [-0.39, 0.29) is 30.5 Å². The zero-order chi connectivity index (χ0) is 27.4. The standard InChI is InChI=1S/C27H34Cl2N4O3S/c1-26(2,3)16-22-27(17-30,19-9-11-20(28)12-10-19)23(18-7-5-8-21(29)15-18)24(33-22)25(34)31-13-6-14-32-37(4,35)36/h5,7-12,15,22-24,32-33H,6,13-14,16H2,1-4H3,(H,31,34)/t22-,23-,24+,27-/m0/s1. The first-order valence-corrected chi connectivity index (χ1v) is 14.8. The van der Waals surface area contributed by atoms with Crippen LogP contribution in [0.2, 0.25) is 10.0 Å². The summed E-state index contributed by atoms with van der Waals surface area (Å²) in [7, 11) is -3.30. The Hall–Kier alpha value is -2.15. The molecule has 0 saturated carbocycles. The van der Waals surface area contributed by atoms with Crippen LogP contribution in [-0.4, -0.2) is 45.8 Å². The third-order valence-corrected chi connectivity index (χ3v) is 7.80. The molecule has 3 rings (SSSR count). The van der Waals surface area contributed by atoms with Gasteiger partial charge in [0.05, 0.1) is 18.4 Å². The van der Waals surface area contributed by atoms with Gasteiger partial charge in [-0.3, -0.25) is 4.79 Å². The van der Waals surface area contributed by atoms with Crippen molar-refractivity contribution in [3.63, 3.8) is 0 Å². The normalized spacial score (nSPS) is 24.0. The van der Waals surface area contributed by atoms with Gasteiger partial charge >= 0.3 is 0 Å². The molecular formula is C27H34Cl2N4O3S. The molecule has 3 N–H and O–H groups in total. The van der Waals surface area contributed by atoms with Gasteiger partial charge < -0.3 is 10.6 Å². The van der Waals surface area contributed by atoms with Gasteiger partial charge in [0.15, 0.2) is 0 Å². The van der Waals surface area contributed by atoms with Crippen molar-refractivity contribution in [3.05, 3.63) is 69.7 Å². The number of nitrogens with one attached hydrogen (secondary N) is 3. The molecule has 1 aliphatic heterocycles. The van der Waals surface area contributed by atoms with E-state index >= 15 is 0 Å². The van der Waals surface area contributed by atoms with Gasteiger partial charge in [0.2, 0.25) is 15.9 Å². The second kappa shape index (κ2) is 11.7. The van der Waals surface area contributed by atoms with Crippen molar-refractivity contribution in [1.82, 2.24) is 15.4 Å². The van der Waals surface area contributed by atoms with Gasteiger partial charge in [0, 0.05) is 35.1 Å². The van der Waals surface area contributed by atoms with Crippen molar-refractivity contribution in [2.45, 2.75) is 57.0 Å². The van der Waals surface area contributed by atoms with Crippen LogP contribution in [0.3, 0.4) is 0 Å². The molecule has 0 unspecified atom stereocenters. The van der Waals surface area contributed by atoms with Gasteiger partial charge in [-0.15, -0.1) is 0 Å². The Morgan fingerprint density at radius 3 is 2.35 bits per heavy atom. The molecule has 0 spiro atoms. The van der Waals surface area contributed by atoms with Gasteiger partial charge in [-0.2, -0.15) is 5.26 Å². The summed E-state index contributed by atoms with van der Waals surface area (Å²) >= 11 is 12.6. The second-order valence-electron chi connectivity index (χ2n) is 10.8. The molecule has 1 fully saturated rings. The highest BCUT2D eigenvalue weighted by Crippen LogP contribution is 2.51. The number of benzene rings is 2. The van der Waals surface area contributed by atoms with E-state index in [0.717, 1.165) is 17.4 Å². The van der Waals surface area contributed by atoms with Crippen molar-refractivity contribution in [3.8, 4) is 6.07 Å². The Morgan fingerprint density at radius 1 is 1.11 bits per heavy atom. The number of carbonyl (C=O) groups is 1. The lowest BCUT2D eigenvalue weighted by molar-refractivity contribution is -0.123. The smallest absolute Gasteiger partial charge is 0.237 e. The van der Waals surface area contributed by atoms with Crippen LogP contribution in [0.15, 0.2) is 48.5 Å². The number of hydrogen-bond acceptors (Lipinski definition) is 5. The monoisotopic (exact) mass is 564 g/mol. The Kier molecular flexibility index (Phi) is 9.31. The molecule has 0 aromatic heterocycles. The fourth-order valence-corrected chi connectivity index (χ4v) is 5.96. The van der Waals surface area contributed by atoms with E-state index in [9.17, 15) is 18.5 Å². The van der Waals surface area contributed by atoms with Crippen molar-refractivity contribution in [2.75, 3.05) is 19.3 Å². The first-order chi connectivity index (χ1) is 17.3. The third-order valence-electron chi connectivity index (χ3n) is 6.58. The van der Waals surface area contributed by atoms with Crippen molar-refractivity contribution in [2.24, 2.45) is 5.41 Å². The molecule has 1 saturated heterocycles. The van der Waals surface area contributed by atoms with Crippen molar-refractivity contribution < 1.29 is 13.2 Å². The molecule has 1 amide bonds. The Bertz CT molecular complexity index is 1260. The molecule has 1 heterocycles. The summed E-state index contributed by atoms with van der Waals surface area (Å²) in [5.41, 5.74) is 0.349. The van der Waals surface area contributed by atoms with Crippen LogP contribution in [0, 0.1) is 16.7 Å². The molecule has 1 aliphatic rings. The number of hydrogen-bond donors (Lipinski definition) is 3. The Balaban J connectivity index is 2.05. The maximum absolute atomic E-state index is 13.6. The Labute approximate surface area is 230 Å². The molecule has 10 heteroatoms. The molecule has 200 valence electrons. The minimum atomic E-state index is -3.30. The fourth-order valence-electron chi connectivity index (χ4n) is 5.12. The molecular weight excluding hydrogens is 531 g/mol. The second-order valence-corrected chi connectivity index (χ2v) is 13.5. The number of nitriles is 1. The molecule has 4 atom stereocenters. The van der Waals surface area contributed by atoms with Crippen LogP contribution in [-0.2, 0) is 20.2 Å². The topological polar surface area (TPSA) is 111 Å². The summed E-state index contributed by atoms with van der Waals surface area (Å²) in [6.07, 6.45) is 2.17. The zero-order valence-corrected chi connectivity index (χ0v) is 23.8. The molecule has 0 aliphatic carbocycles. The van der Waals surface area contributed by atoms with Gasteiger partial charge in [0.1, 0.15) is 5.41 Å². The number of rotatable bonds is 9. The maximum atomic E-state index is 13.6. The lowest BCUT2D eigenvalue weighted by Crippen LogP contribution is -2.46. The predicted molar refractivity (Wildman–Crippen MR) is 148 cm³/mol. The average molecular weight is 566 g/mol. The van der Waals surface area contributed by atoms with E-state index < -0.39 is 27.4 Å². The summed E-state index contributed by atoms with van der Waals surface area (Å²) in [5.74, 6) is -0.798. The highest BCUT2D eigenvalue weighted by molar-refractivity contribution is 7.88. The predicted octanol–water partition coefficient (Wildman–Crippen LogP) is 4.37. The first-order valence-electron chi connectivity index (χ1n) is 12.2. The minimum Gasteiger partial charge on any atom is -0.355 e. The van der Waals surface area contributed by atoms with Crippen LogP contribution in [0.25, 0.3) is 0 Å². The SMILES string of the molecule is CC(C)(C)C[C@@H]1N[C@@H](C(=O)NCCCNS(C)(=O)=O)[C@H](c2cccc(Cl)c2)[C@@]1(C#N)c1ccc(Cl)cc1. The number of amides is 1. The summed E-state index contributed by atoms with van der Waals surface area (Å²) in [6, 6.07) is 16.1. The van der Waals surface area contributed by atoms with Crippen molar-refractivity contribution >= 4 is 39.1 Å². The van der Waals surface area contributed by atoms with Crippen LogP contribution in [0.5, 0.6) is 0 Å². The average Bonchev–Trinajstić information content (AvgIpc) is 3.11. The fraction of sp³-hybridized carbons (Fsp3) is 0.481. The summed E-state index contributed by atoms with van der Waals surface area (Å²) in [5, 5.41) is 18.4. The van der Waals surface area contributed by atoms with Gasteiger partial charge in [-0.05, 0) is 53.6 Å². The molecule has 2 aromatic rings. The van der Waals surface area contributed by atoms with E-state index in [0.29, 0.717) is 22.9 Å². The third kappa shape index (κ3) is 7.24. The summed E-state index contributed by atoms with van der Waals surface area (Å²) < 4.78 is 25.1.